The number of aromatic nitrogens is 5. The van der Waals surface area contributed by atoms with Gasteiger partial charge >= 0.3 is 0 Å². The van der Waals surface area contributed by atoms with E-state index >= 15 is 0 Å². The van der Waals surface area contributed by atoms with Crippen molar-refractivity contribution in [2.24, 2.45) is 0 Å². The summed E-state index contributed by atoms with van der Waals surface area (Å²) >= 11 is 0. The van der Waals surface area contributed by atoms with Gasteiger partial charge in [-0.15, -0.1) is 0 Å². The molecule has 0 aliphatic carbocycles. The van der Waals surface area contributed by atoms with Crippen molar-refractivity contribution in [2.75, 3.05) is 0 Å². The third kappa shape index (κ3) is 9.86. The topological polar surface area (TPSA) is 40.6 Å². The molecule has 0 radical (unpaired) electrons. The van der Waals surface area contributed by atoms with Crippen LogP contribution in [0.15, 0.2) is 370 Å². The van der Waals surface area contributed by atoms with Crippen LogP contribution in [0.5, 0.6) is 0 Å². The maximum Gasteiger partial charge on any atom is 0.165 e. The fourth-order valence-corrected chi connectivity index (χ4v) is 15.2. The van der Waals surface area contributed by atoms with Crippen LogP contribution in [0.1, 0.15) is 0 Å². The lowest BCUT2D eigenvalue weighted by Gasteiger charge is -2.26. The van der Waals surface area contributed by atoms with Crippen molar-refractivity contribution in [1.29, 1.82) is 0 Å². The molecule has 19 rings (SSSR count). The third-order valence-corrected chi connectivity index (χ3v) is 19.9. The Bertz CT molecular complexity index is 5970. The molecule has 0 unspecified atom stereocenters. The van der Waals surface area contributed by atoms with E-state index < -0.39 is 0 Å². The minimum atomic E-state index is 0.767. The van der Waals surface area contributed by atoms with E-state index in [2.05, 4.69) is 372 Å². The van der Waals surface area contributed by atoms with E-state index in [9.17, 15) is 0 Å². The third-order valence-electron chi connectivity index (χ3n) is 19.9. The average molecular weight is 1260 g/mol. The molecular weight excluding hydrogens is 1200 g/mol. The second kappa shape index (κ2) is 23.9. The molecule has 5 nitrogen and oxygen atoms in total. The van der Waals surface area contributed by atoms with E-state index in [0.29, 0.717) is 0 Å². The summed E-state index contributed by atoms with van der Waals surface area (Å²) in [6.07, 6.45) is 1.87. The molecule has 0 bridgehead atoms. The number of benzene rings is 14. The molecule has 0 aliphatic heterocycles. The standard InChI is InChI=1S/C94H61N5/c1-8-24-62(25-9-1)71-43-49-84-77(56-71)78-57-72(63-26-10-2-11-27-63)44-50-85(78)97(84)92-90(70-41-39-68(40-42-70)83-38-22-23-55-95-83)91(69-36-20-7-21-37-69)93(98-86-51-45-73(64-28-12-3-13-29-64)58-79(86)80-59-74(46-52-87(80)98)65-30-14-4-15-31-65)96-94(92)99-88-53-47-75(66-32-16-5-17-33-66)60-81(88)82-61-76(48-54-89(82)99)67-34-18-6-19-35-67/h1-61H. The van der Waals surface area contributed by atoms with Crippen LogP contribution in [0.2, 0.25) is 0 Å². The molecule has 5 aromatic heterocycles. The van der Waals surface area contributed by atoms with Gasteiger partial charge in [-0.1, -0.05) is 279 Å². The number of hydrogen-bond acceptors (Lipinski definition) is 2. The first-order valence-electron chi connectivity index (χ1n) is 33.9. The van der Waals surface area contributed by atoms with Crippen LogP contribution >= 0.6 is 0 Å². The van der Waals surface area contributed by atoms with Gasteiger partial charge < -0.3 is 4.57 Å². The Morgan fingerprint density at radius 1 is 0.182 bits per heavy atom. The maximum absolute atomic E-state index is 6.60. The highest BCUT2D eigenvalue weighted by Gasteiger charge is 2.32. The molecule has 5 heterocycles. The Morgan fingerprint density at radius 3 is 0.737 bits per heavy atom. The Morgan fingerprint density at radius 2 is 0.434 bits per heavy atom. The molecule has 0 N–H and O–H groups in total. The van der Waals surface area contributed by atoms with Gasteiger partial charge in [0, 0.05) is 55.2 Å². The van der Waals surface area contributed by atoms with E-state index in [0.717, 1.165) is 183 Å². The van der Waals surface area contributed by atoms with Crippen molar-refractivity contribution in [3.63, 3.8) is 0 Å². The second-order valence-electron chi connectivity index (χ2n) is 25.6. The van der Waals surface area contributed by atoms with Gasteiger partial charge in [-0.05, 0) is 163 Å². The van der Waals surface area contributed by atoms with E-state index in [1.807, 2.05) is 12.3 Å². The van der Waals surface area contributed by atoms with Crippen LogP contribution in [0.3, 0.4) is 0 Å². The summed E-state index contributed by atoms with van der Waals surface area (Å²) in [5, 5.41) is 6.75. The summed E-state index contributed by atoms with van der Waals surface area (Å²) < 4.78 is 7.50. The van der Waals surface area contributed by atoms with E-state index in [-0.39, 0.29) is 0 Å². The van der Waals surface area contributed by atoms with Crippen molar-refractivity contribution in [3.05, 3.63) is 370 Å². The summed E-state index contributed by atoms with van der Waals surface area (Å²) in [6, 6.07) is 133. The summed E-state index contributed by atoms with van der Waals surface area (Å²) in [5.74, 6) is 1.56. The number of fused-ring (bicyclic) bond motifs is 9. The molecule has 0 atom stereocenters. The molecule has 19 aromatic rings. The van der Waals surface area contributed by atoms with E-state index in [4.69, 9.17) is 9.97 Å². The van der Waals surface area contributed by atoms with Crippen molar-refractivity contribution in [1.82, 2.24) is 23.7 Å². The van der Waals surface area contributed by atoms with E-state index in [1.165, 1.54) is 0 Å². The zero-order valence-electron chi connectivity index (χ0n) is 54.0. The summed E-state index contributed by atoms with van der Waals surface area (Å²) in [5.41, 5.74) is 26.8. The predicted molar refractivity (Wildman–Crippen MR) is 414 cm³/mol. The average Bonchev–Trinajstić information content (AvgIpc) is 1.58. The van der Waals surface area contributed by atoms with Crippen LogP contribution in [-0.4, -0.2) is 23.7 Å². The SMILES string of the molecule is c1ccc(-c2ccc3c(c2)c2cc(-c4ccccc4)ccc2n3-c2nc(-n3c4ccc(-c5ccccc5)cc4c4cc(-c5ccccc5)ccc43)c(-n3c4ccc(-c5ccccc5)cc4c4cc(-c5ccccc5)ccc43)c(-c3ccc(-c4ccccn4)cc3)c2-c2ccccc2)cc1. The smallest absolute Gasteiger partial charge is 0.165 e. The van der Waals surface area contributed by atoms with Gasteiger partial charge in [-0.3, -0.25) is 14.1 Å². The first-order chi connectivity index (χ1) is 49.1. The normalized spacial score (nSPS) is 11.6. The lowest BCUT2D eigenvalue weighted by Crippen LogP contribution is -2.13. The highest BCUT2D eigenvalue weighted by Crippen LogP contribution is 2.51. The van der Waals surface area contributed by atoms with Gasteiger partial charge in [-0.2, -0.15) is 0 Å². The first kappa shape index (κ1) is 57.2. The van der Waals surface area contributed by atoms with Crippen molar-refractivity contribution in [2.45, 2.75) is 0 Å². The monoisotopic (exact) mass is 1260 g/mol. The Kier molecular flexibility index (Phi) is 13.8. The molecule has 0 spiro atoms. The van der Waals surface area contributed by atoms with Gasteiger partial charge in [0.25, 0.3) is 0 Å². The fraction of sp³-hybridized carbons (Fsp3) is 0. The molecule has 462 valence electrons. The zero-order chi connectivity index (χ0) is 65.3. The summed E-state index contributed by atoms with van der Waals surface area (Å²) in [7, 11) is 0. The van der Waals surface area contributed by atoms with E-state index in [1.54, 1.807) is 0 Å². The lowest BCUT2D eigenvalue weighted by molar-refractivity contribution is 0.987. The van der Waals surface area contributed by atoms with Gasteiger partial charge in [0.15, 0.2) is 5.82 Å². The molecule has 0 saturated heterocycles. The second-order valence-corrected chi connectivity index (χ2v) is 25.6. The van der Waals surface area contributed by atoms with Crippen molar-refractivity contribution in [3.8, 4) is 118 Å². The number of hydrogen-bond donors (Lipinski definition) is 0. The summed E-state index contributed by atoms with van der Waals surface area (Å²) in [4.78, 5) is 11.5. The number of nitrogens with zero attached hydrogens (tertiary/aromatic N) is 5. The lowest BCUT2D eigenvalue weighted by atomic mass is 9.92. The maximum atomic E-state index is 6.60. The quantitative estimate of drug-likeness (QED) is 0.122. The predicted octanol–water partition coefficient (Wildman–Crippen LogP) is 24.8. The number of rotatable bonds is 12. The molecule has 0 saturated carbocycles. The summed E-state index contributed by atoms with van der Waals surface area (Å²) in [6.45, 7) is 0. The Balaban J connectivity index is 1.03. The van der Waals surface area contributed by atoms with Gasteiger partial charge in [0.05, 0.1) is 44.5 Å². The molecule has 14 aromatic carbocycles. The largest absolute Gasteiger partial charge is 0.305 e. The molecular formula is C94H61N5. The van der Waals surface area contributed by atoms with Gasteiger partial charge in [0.1, 0.15) is 5.82 Å². The van der Waals surface area contributed by atoms with Crippen LogP contribution in [0, 0.1) is 0 Å². The zero-order valence-corrected chi connectivity index (χ0v) is 54.0. The fourth-order valence-electron chi connectivity index (χ4n) is 15.2. The van der Waals surface area contributed by atoms with Crippen LogP contribution in [0.25, 0.3) is 183 Å². The van der Waals surface area contributed by atoms with Crippen molar-refractivity contribution >= 4 is 65.4 Å². The molecule has 0 aliphatic rings. The molecule has 5 heteroatoms. The van der Waals surface area contributed by atoms with Gasteiger partial charge in [0.2, 0.25) is 0 Å². The highest BCUT2D eigenvalue weighted by molar-refractivity contribution is 6.17. The first-order valence-corrected chi connectivity index (χ1v) is 33.9. The number of pyridine rings is 2. The minimum Gasteiger partial charge on any atom is -0.305 e. The Hall–Kier alpha value is -13.2. The molecule has 99 heavy (non-hydrogen) atoms. The highest BCUT2D eigenvalue weighted by atomic mass is 15.2. The molecule has 0 amide bonds. The van der Waals surface area contributed by atoms with Crippen LogP contribution in [0.4, 0.5) is 0 Å². The van der Waals surface area contributed by atoms with Gasteiger partial charge in [-0.25, -0.2) is 4.98 Å². The molecule has 0 fully saturated rings. The van der Waals surface area contributed by atoms with Crippen molar-refractivity contribution < 1.29 is 0 Å². The minimum absolute atomic E-state index is 0.767. The van der Waals surface area contributed by atoms with Crippen LogP contribution < -0.4 is 0 Å². The Labute approximate surface area is 573 Å². The van der Waals surface area contributed by atoms with Crippen LogP contribution in [-0.2, 0) is 0 Å².